The van der Waals surface area contributed by atoms with E-state index in [0.29, 0.717) is 0 Å². The molecule has 5 nitrogen and oxygen atoms in total. The minimum Gasteiger partial charge on any atom is -0.503 e. The lowest BCUT2D eigenvalue weighted by atomic mass is 9.96. The highest BCUT2D eigenvalue weighted by atomic mass is 19.4. The Kier molecular flexibility index (Phi) is 5.76. The van der Waals surface area contributed by atoms with Crippen LogP contribution in [0.4, 0.5) is 13.2 Å². The van der Waals surface area contributed by atoms with Crippen LogP contribution in [-0.4, -0.2) is 31.0 Å². The standard InChI is InChI=1S/C18H14F3NO4/c1-25-10-13(17(24)26-2)11-6-3-4-7-12(11)16(23)14-8-5-9-15(22-14)18(19,20)21/h3-10H,1-2H3. The number of halogens is 3. The van der Waals surface area contributed by atoms with E-state index in [4.69, 9.17) is 4.74 Å². The molecule has 0 unspecified atom stereocenters. The second kappa shape index (κ2) is 7.81. The van der Waals surface area contributed by atoms with Crippen molar-refractivity contribution in [2.45, 2.75) is 6.18 Å². The van der Waals surface area contributed by atoms with E-state index in [1.54, 1.807) is 6.07 Å². The van der Waals surface area contributed by atoms with Gasteiger partial charge in [0.2, 0.25) is 5.78 Å². The van der Waals surface area contributed by atoms with Gasteiger partial charge in [0.15, 0.2) is 0 Å². The molecule has 1 aromatic heterocycles. The van der Waals surface area contributed by atoms with Gasteiger partial charge in [0.05, 0.1) is 20.5 Å². The maximum atomic E-state index is 12.8. The monoisotopic (exact) mass is 365 g/mol. The quantitative estimate of drug-likeness (QED) is 0.351. The molecular formula is C18H14F3NO4. The zero-order valence-electron chi connectivity index (χ0n) is 13.8. The number of hydrogen-bond acceptors (Lipinski definition) is 5. The van der Waals surface area contributed by atoms with E-state index in [-0.39, 0.29) is 16.7 Å². The van der Waals surface area contributed by atoms with Crippen LogP contribution in [0.15, 0.2) is 48.7 Å². The molecule has 0 radical (unpaired) electrons. The number of nitrogens with zero attached hydrogens (tertiary/aromatic N) is 1. The van der Waals surface area contributed by atoms with Gasteiger partial charge in [0.1, 0.15) is 17.0 Å². The molecule has 1 aromatic carbocycles. The van der Waals surface area contributed by atoms with Crippen molar-refractivity contribution in [3.8, 4) is 0 Å². The third-order valence-corrected chi connectivity index (χ3v) is 3.38. The number of ketones is 1. The Bertz CT molecular complexity index is 860. The van der Waals surface area contributed by atoms with Crippen molar-refractivity contribution in [3.63, 3.8) is 0 Å². The zero-order valence-corrected chi connectivity index (χ0v) is 13.8. The van der Waals surface area contributed by atoms with Crippen molar-refractivity contribution >= 4 is 17.3 Å². The van der Waals surface area contributed by atoms with Crippen molar-refractivity contribution < 1.29 is 32.2 Å². The van der Waals surface area contributed by atoms with E-state index in [1.807, 2.05) is 0 Å². The number of pyridine rings is 1. The molecular weight excluding hydrogens is 351 g/mol. The van der Waals surface area contributed by atoms with Crippen LogP contribution in [0.1, 0.15) is 27.3 Å². The lowest BCUT2D eigenvalue weighted by molar-refractivity contribution is -0.141. The van der Waals surface area contributed by atoms with Crippen LogP contribution in [0.3, 0.4) is 0 Å². The lowest BCUT2D eigenvalue weighted by Gasteiger charge is -2.11. The lowest BCUT2D eigenvalue weighted by Crippen LogP contribution is -2.14. The Labute approximate surface area is 147 Å². The molecule has 0 aliphatic rings. The molecule has 2 rings (SSSR count). The van der Waals surface area contributed by atoms with Crippen LogP contribution < -0.4 is 0 Å². The number of benzene rings is 1. The SMILES string of the molecule is COC=C(C(=O)OC)c1ccccc1C(=O)c1cccc(C(F)(F)F)n1. The van der Waals surface area contributed by atoms with E-state index in [9.17, 15) is 22.8 Å². The predicted octanol–water partition coefficient (Wildman–Crippen LogP) is 3.49. The molecule has 0 atom stereocenters. The summed E-state index contributed by atoms with van der Waals surface area (Å²) in [6, 6.07) is 8.97. The summed E-state index contributed by atoms with van der Waals surface area (Å²) in [5.41, 5.74) is -1.47. The first-order chi connectivity index (χ1) is 12.3. The molecule has 0 bridgehead atoms. The molecule has 0 amide bonds. The van der Waals surface area contributed by atoms with E-state index in [0.717, 1.165) is 25.5 Å². The first-order valence-electron chi connectivity index (χ1n) is 7.29. The van der Waals surface area contributed by atoms with Gasteiger partial charge < -0.3 is 9.47 Å². The summed E-state index contributed by atoms with van der Waals surface area (Å²) in [4.78, 5) is 28.1. The van der Waals surface area contributed by atoms with E-state index in [1.165, 1.54) is 31.4 Å². The summed E-state index contributed by atoms with van der Waals surface area (Å²) in [6.07, 6.45) is -3.58. The molecule has 0 aliphatic heterocycles. The summed E-state index contributed by atoms with van der Waals surface area (Å²) < 4.78 is 48.0. The smallest absolute Gasteiger partial charge is 0.433 e. The van der Waals surface area contributed by atoms with Crippen LogP contribution in [0.5, 0.6) is 0 Å². The summed E-state index contributed by atoms with van der Waals surface area (Å²) in [5.74, 6) is -1.53. The van der Waals surface area contributed by atoms with Gasteiger partial charge in [0, 0.05) is 11.1 Å². The number of aromatic nitrogens is 1. The third-order valence-electron chi connectivity index (χ3n) is 3.38. The number of alkyl halides is 3. The number of carbonyl (C=O) groups excluding carboxylic acids is 2. The van der Waals surface area contributed by atoms with Crippen LogP contribution >= 0.6 is 0 Å². The van der Waals surface area contributed by atoms with Gasteiger partial charge in [-0.2, -0.15) is 13.2 Å². The second-order valence-corrected chi connectivity index (χ2v) is 5.04. The molecule has 0 aliphatic carbocycles. The van der Waals surface area contributed by atoms with Crippen LogP contribution in [0, 0.1) is 0 Å². The fraction of sp³-hybridized carbons (Fsp3) is 0.167. The number of ether oxygens (including phenoxy) is 2. The maximum absolute atomic E-state index is 12.8. The predicted molar refractivity (Wildman–Crippen MR) is 86.1 cm³/mol. The fourth-order valence-electron chi connectivity index (χ4n) is 2.22. The van der Waals surface area contributed by atoms with Gasteiger partial charge in [-0.1, -0.05) is 30.3 Å². The van der Waals surface area contributed by atoms with Crippen molar-refractivity contribution in [1.29, 1.82) is 0 Å². The third kappa shape index (κ3) is 4.08. The number of rotatable bonds is 5. The number of carbonyl (C=O) groups is 2. The molecule has 26 heavy (non-hydrogen) atoms. The van der Waals surface area contributed by atoms with E-state index >= 15 is 0 Å². The van der Waals surface area contributed by atoms with E-state index in [2.05, 4.69) is 9.72 Å². The Balaban J connectivity index is 2.55. The minimum atomic E-state index is -4.68. The number of methoxy groups -OCH3 is 2. The Morgan fingerprint density at radius 2 is 1.65 bits per heavy atom. The summed E-state index contributed by atoms with van der Waals surface area (Å²) in [6.45, 7) is 0. The highest BCUT2D eigenvalue weighted by molar-refractivity contribution is 6.21. The summed E-state index contributed by atoms with van der Waals surface area (Å²) in [7, 11) is 2.46. The normalized spacial score (nSPS) is 11.8. The van der Waals surface area contributed by atoms with Gasteiger partial charge in [0.25, 0.3) is 0 Å². The van der Waals surface area contributed by atoms with E-state index < -0.39 is 29.3 Å². The maximum Gasteiger partial charge on any atom is 0.433 e. The van der Waals surface area contributed by atoms with Crippen molar-refractivity contribution in [2.24, 2.45) is 0 Å². The van der Waals surface area contributed by atoms with Crippen molar-refractivity contribution in [2.75, 3.05) is 14.2 Å². The summed E-state index contributed by atoms with van der Waals surface area (Å²) >= 11 is 0. The highest BCUT2D eigenvalue weighted by Crippen LogP contribution is 2.28. The highest BCUT2D eigenvalue weighted by Gasteiger charge is 2.33. The topological polar surface area (TPSA) is 65.5 Å². The first kappa shape index (κ1) is 19.2. The zero-order chi connectivity index (χ0) is 19.3. The molecule has 0 spiro atoms. The molecule has 0 fully saturated rings. The van der Waals surface area contributed by atoms with Gasteiger partial charge in [-0.25, -0.2) is 9.78 Å². The Morgan fingerprint density at radius 3 is 2.23 bits per heavy atom. The average molecular weight is 365 g/mol. The summed E-state index contributed by atoms with van der Waals surface area (Å²) in [5, 5.41) is 0. The van der Waals surface area contributed by atoms with Gasteiger partial charge >= 0.3 is 12.1 Å². The number of esters is 1. The fourth-order valence-corrected chi connectivity index (χ4v) is 2.22. The molecule has 8 heteroatoms. The first-order valence-corrected chi connectivity index (χ1v) is 7.29. The molecule has 136 valence electrons. The van der Waals surface area contributed by atoms with Gasteiger partial charge in [-0.05, 0) is 12.1 Å². The van der Waals surface area contributed by atoms with Gasteiger partial charge in [-0.3, -0.25) is 4.79 Å². The molecule has 0 saturated heterocycles. The minimum absolute atomic E-state index is 0.00646. The van der Waals surface area contributed by atoms with Crippen LogP contribution in [0.2, 0.25) is 0 Å². The molecule has 2 aromatic rings. The number of hydrogen-bond donors (Lipinski definition) is 0. The Hall–Kier alpha value is -3.16. The van der Waals surface area contributed by atoms with Crippen molar-refractivity contribution in [3.05, 3.63) is 71.2 Å². The van der Waals surface area contributed by atoms with Crippen LogP contribution in [0.25, 0.3) is 5.57 Å². The molecule has 1 heterocycles. The van der Waals surface area contributed by atoms with Gasteiger partial charge in [-0.15, -0.1) is 0 Å². The molecule has 0 saturated carbocycles. The second-order valence-electron chi connectivity index (χ2n) is 5.04. The van der Waals surface area contributed by atoms with Crippen molar-refractivity contribution in [1.82, 2.24) is 4.98 Å². The molecule has 0 N–H and O–H groups in total. The largest absolute Gasteiger partial charge is 0.503 e. The Morgan fingerprint density at radius 1 is 1.00 bits per heavy atom. The average Bonchev–Trinajstić information content (AvgIpc) is 2.64. The van der Waals surface area contributed by atoms with Crippen LogP contribution in [-0.2, 0) is 20.4 Å².